The van der Waals surface area contributed by atoms with Gasteiger partial charge in [-0.05, 0) is 43.0 Å². The number of hydrogen-bond acceptors (Lipinski definition) is 5. The number of nitrogens with one attached hydrogen (secondary N) is 2. The molecule has 1 fully saturated rings. The molecule has 0 aliphatic carbocycles. The SMILES string of the molecule is O=C(NC1CCN(C(=O)c2ccoc2)CC1)[C@H](Cc1ccccc1)NS(=O)(=O)c1ccccc1F. The van der Waals surface area contributed by atoms with Crippen LogP contribution in [0.5, 0.6) is 0 Å². The number of rotatable bonds is 8. The van der Waals surface area contributed by atoms with Crippen molar-refractivity contribution < 1.29 is 26.8 Å². The second-order valence-corrected chi connectivity index (χ2v) is 10.1. The minimum Gasteiger partial charge on any atom is -0.472 e. The van der Waals surface area contributed by atoms with Crippen LogP contribution in [0.4, 0.5) is 4.39 Å². The maximum absolute atomic E-state index is 14.2. The maximum atomic E-state index is 14.2. The van der Waals surface area contributed by atoms with Gasteiger partial charge in [-0.1, -0.05) is 42.5 Å². The highest BCUT2D eigenvalue weighted by Gasteiger charge is 2.31. The van der Waals surface area contributed by atoms with Crippen LogP contribution in [0, 0.1) is 5.82 Å². The molecule has 184 valence electrons. The third-order valence-electron chi connectivity index (χ3n) is 5.92. The lowest BCUT2D eigenvalue weighted by Crippen LogP contribution is -2.53. The number of piperidine rings is 1. The first-order chi connectivity index (χ1) is 16.8. The molecule has 0 spiro atoms. The number of hydrogen-bond donors (Lipinski definition) is 2. The number of carbonyl (C=O) groups excluding carboxylic acids is 2. The molecule has 4 rings (SSSR count). The quantitative estimate of drug-likeness (QED) is 0.496. The summed E-state index contributed by atoms with van der Waals surface area (Å²) in [5, 5.41) is 2.91. The predicted octanol–water partition coefficient (Wildman–Crippen LogP) is 2.73. The lowest BCUT2D eigenvalue weighted by Gasteiger charge is -2.33. The number of sulfonamides is 1. The third-order valence-corrected chi connectivity index (χ3v) is 7.42. The Morgan fingerprint density at radius 2 is 1.71 bits per heavy atom. The van der Waals surface area contributed by atoms with E-state index in [4.69, 9.17) is 4.42 Å². The zero-order valence-corrected chi connectivity index (χ0v) is 19.7. The summed E-state index contributed by atoms with van der Waals surface area (Å²) >= 11 is 0. The molecule has 0 bridgehead atoms. The smallest absolute Gasteiger partial charge is 0.257 e. The lowest BCUT2D eigenvalue weighted by atomic mass is 10.0. The largest absolute Gasteiger partial charge is 0.472 e. The summed E-state index contributed by atoms with van der Waals surface area (Å²) < 4.78 is 47.3. The monoisotopic (exact) mass is 499 g/mol. The van der Waals surface area contributed by atoms with E-state index in [1.54, 1.807) is 35.2 Å². The van der Waals surface area contributed by atoms with Crippen molar-refractivity contribution >= 4 is 21.8 Å². The number of benzene rings is 2. The predicted molar refractivity (Wildman–Crippen MR) is 126 cm³/mol. The summed E-state index contributed by atoms with van der Waals surface area (Å²) in [4.78, 5) is 26.9. The average molecular weight is 500 g/mol. The molecule has 3 aromatic rings. The van der Waals surface area contributed by atoms with Crippen LogP contribution in [0.2, 0.25) is 0 Å². The summed E-state index contributed by atoms with van der Waals surface area (Å²) in [5.41, 5.74) is 1.22. The molecule has 2 heterocycles. The van der Waals surface area contributed by atoms with Gasteiger partial charge in [0.25, 0.3) is 5.91 Å². The topological polar surface area (TPSA) is 109 Å². The van der Waals surface area contributed by atoms with Gasteiger partial charge in [-0.25, -0.2) is 12.8 Å². The van der Waals surface area contributed by atoms with Crippen molar-refractivity contribution in [2.24, 2.45) is 0 Å². The molecular weight excluding hydrogens is 473 g/mol. The van der Waals surface area contributed by atoms with Crippen LogP contribution in [0.3, 0.4) is 0 Å². The third kappa shape index (κ3) is 6.14. The van der Waals surface area contributed by atoms with Crippen LogP contribution >= 0.6 is 0 Å². The van der Waals surface area contributed by atoms with Gasteiger partial charge in [-0.3, -0.25) is 9.59 Å². The molecule has 8 nitrogen and oxygen atoms in total. The van der Waals surface area contributed by atoms with E-state index in [0.29, 0.717) is 31.5 Å². The molecule has 2 amide bonds. The average Bonchev–Trinajstić information content (AvgIpc) is 3.39. The standard InChI is InChI=1S/C25H26FN3O5S/c26-21-8-4-5-9-23(21)35(32,33)28-22(16-18-6-2-1-3-7-18)24(30)27-20-10-13-29(14-11-20)25(31)19-12-15-34-17-19/h1-9,12,15,17,20,22,28H,10-11,13-14,16H2,(H,27,30)/t22-/m0/s1. The Bertz CT molecular complexity index is 1260. The summed E-state index contributed by atoms with van der Waals surface area (Å²) in [7, 11) is -4.29. The number of nitrogens with zero attached hydrogens (tertiary/aromatic N) is 1. The van der Waals surface area contributed by atoms with Gasteiger partial charge in [0.05, 0.1) is 11.8 Å². The molecule has 0 radical (unpaired) electrons. The van der Waals surface area contributed by atoms with Crippen LogP contribution in [0.25, 0.3) is 0 Å². The first-order valence-electron chi connectivity index (χ1n) is 11.3. The van der Waals surface area contributed by atoms with Crippen molar-refractivity contribution in [2.75, 3.05) is 13.1 Å². The Labute approximate surface area is 203 Å². The molecular formula is C25H26FN3O5S. The van der Waals surface area contributed by atoms with Crippen molar-refractivity contribution in [1.82, 2.24) is 14.9 Å². The normalized spacial score (nSPS) is 15.5. The van der Waals surface area contributed by atoms with E-state index in [0.717, 1.165) is 17.7 Å². The number of halogens is 1. The van der Waals surface area contributed by atoms with E-state index < -0.39 is 32.7 Å². The summed E-state index contributed by atoms with van der Waals surface area (Å²) in [6, 6.07) is 14.2. The van der Waals surface area contributed by atoms with E-state index in [1.165, 1.54) is 24.7 Å². The van der Waals surface area contributed by atoms with Gasteiger partial charge in [-0.2, -0.15) is 4.72 Å². The van der Waals surface area contributed by atoms with Crippen molar-refractivity contribution in [3.05, 3.63) is 90.1 Å². The second kappa shape index (κ2) is 10.8. The molecule has 2 N–H and O–H groups in total. The highest BCUT2D eigenvalue weighted by Crippen LogP contribution is 2.17. The highest BCUT2D eigenvalue weighted by molar-refractivity contribution is 7.89. The van der Waals surface area contributed by atoms with Crippen molar-refractivity contribution in [3.63, 3.8) is 0 Å². The van der Waals surface area contributed by atoms with Crippen LogP contribution < -0.4 is 10.0 Å². The fraction of sp³-hybridized carbons (Fsp3) is 0.280. The van der Waals surface area contributed by atoms with Gasteiger partial charge in [0, 0.05) is 19.1 Å². The van der Waals surface area contributed by atoms with E-state index in [2.05, 4.69) is 10.0 Å². The molecule has 1 saturated heterocycles. The van der Waals surface area contributed by atoms with Crippen molar-refractivity contribution in [3.8, 4) is 0 Å². The first-order valence-corrected chi connectivity index (χ1v) is 12.7. The highest BCUT2D eigenvalue weighted by atomic mass is 32.2. The number of carbonyl (C=O) groups is 2. The van der Waals surface area contributed by atoms with Gasteiger partial charge in [-0.15, -0.1) is 0 Å². The minimum absolute atomic E-state index is 0.0954. The first kappa shape index (κ1) is 24.6. The van der Waals surface area contributed by atoms with E-state index in [1.807, 2.05) is 6.07 Å². The molecule has 0 saturated carbocycles. The molecule has 10 heteroatoms. The summed E-state index contributed by atoms with van der Waals surface area (Å²) in [5.74, 6) is -1.54. The minimum atomic E-state index is -4.29. The van der Waals surface area contributed by atoms with Gasteiger partial charge >= 0.3 is 0 Å². The Kier molecular flexibility index (Phi) is 7.62. The molecule has 1 aliphatic rings. The summed E-state index contributed by atoms with van der Waals surface area (Å²) in [6.07, 6.45) is 3.97. The van der Waals surface area contributed by atoms with Crippen LogP contribution in [-0.2, 0) is 21.2 Å². The van der Waals surface area contributed by atoms with E-state index in [9.17, 15) is 22.4 Å². The maximum Gasteiger partial charge on any atom is 0.257 e. The lowest BCUT2D eigenvalue weighted by molar-refractivity contribution is -0.123. The molecule has 2 aromatic carbocycles. The molecule has 1 atom stereocenters. The zero-order valence-electron chi connectivity index (χ0n) is 18.9. The Balaban J connectivity index is 1.44. The summed E-state index contributed by atoms with van der Waals surface area (Å²) in [6.45, 7) is 0.887. The van der Waals surface area contributed by atoms with Crippen LogP contribution in [0.15, 0.2) is 82.5 Å². The van der Waals surface area contributed by atoms with E-state index >= 15 is 0 Å². The van der Waals surface area contributed by atoms with Crippen molar-refractivity contribution in [1.29, 1.82) is 0 Å². The Morgan fingerprint density at radius 3 is 2.37 bits per heavy atom. The molecule has 35 heavy (non-hydrogen) atoms. The van der Waals surface area contributed by atoms with Crippen LogP contribution in [-0.4, -0.2) is 50.3 Å². The fourth-order valence-electron chi connectivity index (χ4n) is 4.05. The van der Waals surface area contributed by atoms with Crippen molar-refractivity contribution in [2.45, 2.75) is 36.2 Å². The molecule has 1 aliphatic heterocycles. The Morgan fingerprint density at radius 1 is 1.03 bits per heavy atom. The van der Waals surface area contributed by atoms with Gasteiger partial charge in [0.2, 0.25) is 15.9 Å². The number of likely N-dealkylation sites (tertiary alicyclic amines) is 1. The van der Waals surface area contributed by atoms with Gasteiger partial charge in [0.1, 0.15) is 23.0 Å². The van der Waals surface area contributed by atoms with Gasteiger partial charge in [0.15, 0.2) is 0 Å². The molecule has 0 unspecified atom stereocenters. The van der Waals surface area contributed by atoms with E-state index in [-0.39, 0.29) is 18.4 Å². The number of furan rings is 1. The number of amides is 2. The second-order valence-electron chi connectivity index (χ2n) is 8.38. The molecule has 1 aromatic heterocycles. The fourth-order valence-corrected chi connectivity index (χ4v) is 5.32. The van der Waals surface area contributed by atoms with Crippen LogP contribution in [0.1, 0.15) is 28.8 Å². The Hall–Kier alpha value is -3.50. The van der Waals surface area contributed by atoms with Gasteiger partial charge < -0.3 is 14.6 Å². The zero-order chi connectivity index (χ0) is 24.8.